The molecule has 0 aliphatic rings. The second kappa shape index (κ2) is 9.72. The highest BCUT2D eigenvalue weighted by atomic mass is 79.9. The van der Waals surface area contributed by atoms with Crippen LogP contribution in [0.5, 0.6) is 0 Å². The van der Waals surface area contributed by atoms with Crippen LogP contribution >= 0.6 is 15.9 Å². The van der Waals surface area contributed by atoms with E-state index in [4.69, 9.17) is 8.85 Å². The first-order chi connectivity index (χ1) is 9.68. The van der Waals surface area contributed by atoms with Crippen molar-refractivity contribution in [2.75, 3.05) is 13.2 Å². The van der Waals surface area contributed by atoms with Crippen molar-refractivity contribution in [3.8, 4) is 0 Å². The molecule has 20 heavy (non-hydrogen) atoms. The van der Waals surface area contributed by atoms with Crippen molar-refractivity contribution in [3.05, 3.63) is 28.7 Å². The largest absolute Gasteiger partial charge is 0.391 e. The van der Waals surface area contributed by atoms with Gasteiger partial charge in [0.25, 0.3) is 0 Å². The molecule has 0 aliphatic heterocycles. The molecular weight excluding hydrogens is 332 g/mol. The van der Waals surface area contributed by atoms with E-state index in [0.717, 1.165) is 43.0 Å². The highest BCUT2D eigenvalue weighted by Gasteiger charge is 2.39. The maximum absolute atomic E-state index is 6.31. The van der Waals surface area contributed by atoms with E-state index in [1.54, 1.807) is 0 Å². The van der Waals surface area contributed by atoms with Crippen LogP contribution in [0.3, 0.4) is 0 Å². The van der Waals surface area contributed by atoms with E-state index in [2.05, 4.69) is 61.0 Å². The molecule has 0 N–H and O–H groups in total. The van der Waals surface area contributed by atoms with E-state index in [1.165, 1.54) is 11.6 Å². The summed E-state index contributed by atoms with van der Waals surface area (Å²) < 4.78 is 13.7. The zero-order valence-electron chi connectivity index (χ0n) is 13.0. The second-order valence-corrected chi connectivity index (χ2v) is 9.14. The lowest BCUT2D eigenvalue weighted by Crippen LogP contribution is -2.54. The van der Waals surface area contributed by atoms with Crippen LogP contribution in [0.4, 0.5) is 0 Å². The molecule has 1 rings (SSSR count). The van der Waals surface area contributed by atoms with E-state index in [9.17, 15) is 0 Å². The summed E-state index contributed by atoms with van der Waals surface area (Å²) in [5.74, 6) is 0. The fourth-order valence-electron chi connectivity index (χ4n) is 2.14. The number of hydrogen-bond donors (Lipinski definition) is 0. The van der Waals surface area contributed by atoms with Crippen molar-refractivity contribution >= 4 is 29.7 Å². The van der Waals surface area contributed by atoms with Crippen LogP contribution in [0, 0.1) is 0 Å². The normalized spacial score (nSPS) is 11.8. The van der Waals surface area contributed by atoms with Gasteiger partial charge in [0, 0.05) is 17.7 Å². The van der Waals surface area contributed by atoms with E-state index < -0.39 is 8.56 Å². The van der Waals surface area contributed by atoms with Crippen LogP contribution in [0.1, 0.15) is 46.5 Å². The number of benzene rings is 1. The Hall–Kier alpha value is -0.163. The Morgan fingerprint density at radius 3 is 1.90 bits per heavy atom. The average Bonchev–Trinajstić information content (AvgIpc) is 2.48. The fourth-order valence-corrected chi connectivity index (χ4v) is 5.96. The summed E-state index contributed by atoms with van der Waals surface area (Å²) in [7, 11) is -2.28. The van der Waals surface area contributed by atoms with E-state index in [-0.39, 0.29) is 0 Å². The van der Waals surface area contributed by atoms with Crippen LogP contribution in [-0.4, -0.2) is 21.8 Å². The van der Waals surface area contributed by atoms with Gasteiger partial charge in [-0.05, 0) is 36.2 Å². The monoisotopic (exact) mass is 358 g/mol. The van der Waals surface area contributed by atoms with Crippen molar-refractivity contribution in [2.45, 2.75) is 52.5 Å². The molecule has 2 nitrogen and oxygen atoms in total. The number of halogens is 1. The molecule has 1 aromatic carbocycles. The summed E-state index contributed by atoms with van der Waals surface area (Å²) in [6.45, 7) is 8.10. The standard InChI is InChI=1S/C16H27BrO2Si/c1-4-7-14-20(18-12-5-2,19-13-6-3)16-10-8-15(17)9-11-16/h8-11H,4-7,12-14H2,1-3H3. The zero-order chi connectivity index (χ0) is 14.8. The van der Waals surface area contributed by atoms with Crippen LogP contribution in [0.2, 0.25) is 6.04 Å². The fraction of sp³-hybridized carbons (Fsp3) is 0.625. The molecule has 0 saturated heterocycles. The summed E-state index contributed by atoms with van der Waals surface area (Å²) >= 11 is 3.50. The minimum absolute atomic E-state index is 0.787. The molecule has 0 aromatic heterocycles. The summed E-state index contributed by atoms with van der Waals surface area (Å²) in [6.07, 6.45) is 4.41. The first-order valence-electron chi connectivity index (χ1n) is 7.72. The molecule has 4 heteroatoms. The maximum atomic E-state index is 6.31. The predicted molar refractivity (Wildman–Crippen MR) is 91.7 cm³/mol. The Morgan fingerprint density at radius 2 is 1.45 bits per heavy atom. The number of unbranched alkanes of at least 4 members (excludes halogenated alkanes) is 1. The van der Waals surface area contributed by atoms with Gasteiger partial charge in [0.15, 0.2) is 0 Å². The van der Waals surface area contributed by atoms with Gasteiger partial charge in [0.1, 0.15) is 0 Å². The van der Waals surface area contributed by atoms with Gasteiger partial charge in [0.2, 0.25) is 0 Å². The first kappa shape index (κ1) is 17.9. The predicted octanol–water partition coefficient (Wildman–Crippen LogP) is 4.75. The van der Waals surface area contributed by atoms with Crippen LogP contribution in [0.15, 0.2) is 28.7 Å². The second-order valence-electron chi connectivity index (χ2n) is 5.06. The van der Waals surface area contributed by atoms with E-state index in [1.807, 2.05) is 0 Å². The van der Waals surface area contributed by atoms with E-state index in [0.29, 0.717) is 0 Å². The van der Waals surface area contributed by atoms with Gasteiger partial charge in [-0.2, -0.15) is 0 Å². The third kappa shape index (κ3) is 5.32. The van der Waals surface area contributed by atoms with Crippen molar-refractivity contribution in [1.29, 1.82) is 0 Å². The molecule has 0 unspecified atom stereocenters. The zero-order valence-corrected chi connectivity index (χ0v) is 15.5. The number of hydrogen-bond acceptors (Lipinski definition) is 2. The Bertz CT molecular complexity index is 345. The molecule has 0 atom stereocenters. The Morgan fingerprint density at radius 1 is 0.900 bits per heavy atom. The lowest BCUT2D eigenvalue weighted by atomic mass is 10.4. The minimum Gasteiger partial charge on any atom is -0.391 e. The smallest absolute Gasteiger partial charge is 0.372 e. The van der Waals surface area contributed by atoms with Gasteiger partial charge in [-0.3, -0.25) is 0 Å². The Kier molecular flexibility index (Phi) is 8.69. The van der Waals surface area contributed by atoms with Crippen molar-refractivity contribution in [2.24, 2.45) is 0 Å². The molecular formula is C16H27BrO2Si. The summed E-state index contributed by atoms with van der Waals surface area (Å²) in [5.41, 5.74) is 0. The van der Waals surface area contributed by atoms with Gasteiger partial charge >= 0.3 is 8.56 Å². The third-order valence-corrected chi connectivity index (χ3v) is 7.32. The first-order valence-corrected chi connectivity index (χ1v) is 10.5. The van der Waals surface area contributed by atoms with Gasteiger partial charge in [0.05, 0.1) is 0 Å². The molecule has 0 aliphatic carbocycles. The molecule has 0 heterocycles. The summed E-state index contributed by atoms with van der Waals surface area (Å²) in [4.78, 5) is 0. The summed E-state index contributed by atoms with van der Waals surface area (Å²) in [6, 6.07) is 9.56. The lowest BCUT2D eigenvalue weighted by Gasteiger charge is -2.31. The molecule has 0 saturated carbocycles. The number of rotatable bonds is 10. The average molecular weight is 359 g/mol. The highest BCUT2D eigenvalue weighted by Crippen LogP contribution is 2.20. The van der Waals surface area contributed by atoms with Crippen LogP contribution in [0.25, 0.3) is 0 Å². The van der Waals surface area contributed by atoms with Gasteiger partial charge in [-0.15, -0.1) is 0 Å². The Labute approximate surface area is 133 Å². The molecule has 0 spiro atoms. The molecule has 0 amide bonds. The molecule has 114 valence electrons. The molecule has 0 bridgehead atoms. The SMILES string of the molecule is CCCC[Si](OCCC)(OCCC)c1ccc(Br)cc1. The van der Waals surface area contributed by atoms with Crippen molar-refractivity contribution in [3.63, 3.8) is 0 Å². The Balaban J connectivity index is 3.00. The van der Waals surface area contributed by atoms with Crippen molar-refractivity contribution in [1.82, 2.24) is 0 Å². The van der Waals surface area contributed by atoms with E-state index >= 15 is 0 Å². The highest BCUT2D eigenvalue weighted by molar-refractivity contribution is 9.10. The maximum Gasteiger partial charge on any atom is 0.372 e. The summed E-state index contributed by atoms with van der Waals surface area (Å²) in [5, 5.41) is 1.26. The van der Waals surface area contributed by atoms with Crippen LogP contribution < -0.4 is 5.19 Å². The van der Waals surface area contributed by atoms with Crippen LogP contribution in [-0.2, 0) is 8.85 Å². The van der Waals surface area contributed by atoms with Gasteiger partial charge < -0.3 is 8.85 Å². The van der Waals surface area contributed by atoms with Gasteiger partial charge in [-0.25, -0.2) is 0 Å². The third-order valence-electron chi connectivity index (χ3n) is 3.22. The molecule has 1 aromatic rings. The lowest BCUT2D eigenvalue weighted by molar-refractivity contribution is 0.179. The van der Waals surface area contributed by atoms with Crippen molar-refractivity contribution < 1.29 is 8.85 Å². The van der Waals surface area contributed by atoms with Gasteiger partial charge in [-0.1, -0.05) is 61.7 Å². The minimum atomic E-state index is -2.28. The molecule has 0 radical (unpaired) electrons. The molecule has 0 fully saturated rings. The topological polar surface area (TPSA) is 18.5 Å². The quantitative estimate of drug-likeness (QED) is 0.561.